The number of piperazine rings is 1. The summed E-state index contributed by atoms with van der Waals surface area (Å²) in [6.45, 7) is 3.82. The number of ether oxygens (including phenoxy) is 2. The highest BCUT2D eigenvalue weighted by Gasteiger charge is 2.50. The SMILES string of the molecule is COc1ccc(CNC(=O)[C@H](c2ccc(F)cc2F)N2C(=O)C(C3Cc4ccccc4C3)NC(=O)[C@H]2CC(C)C)cc1OC. The van der Waals surface area contributed by atoms with E-state index in [0.29, 0.717) is 36.0 Å². The number of amides is 3. The van der Waals surface area contributed by atoms with E-state index < -0.39 is 47.5 Å². The van der Waals surface area contributed by atoms with Crippen molar-refractivity contribution in [1.82, 2.24) is 15.5 Å². The van der Waals surface area contributed by atoms with Gasteiger partial charge in [-0.05, 0) is 66.0 Å². The molecule has 0 spiro atoms. The second-order valence-corrected chi connectivity index (χ2v) is 11.8. The second kappa shape index (κ2) is 13.0. The number of halogens is 2. The summed E-state index contributed by atoms with van der Waals surface area (Å²) in [6, 6.07) is 12.4. The van der Waals surface area contributed by atoms with Crippen molar-refractivity contribution in [1.29, 1.82) is 0 Å². The maximum atomic E-state index is 15.5. The Morgan fingerprint density at radius 1 is 0.977 bits per heavy atom. The summed E-state index contributed by atoms with van der Waals surface area (Å²) in [4.78, 5) is 43.4. The zero-order valence-electron chi connectivity index (χ0n) is 25.2. The van der Waals surface area contributed by atoms with Crippen LogP contribution in [-0.4, -0.2) is 48.9 Å². The highest BCUT2D eigenvalue weighted by molar-refractivity contribution is 6.00. The van der Waals surface area contributed by atoms with Gasteiger partial charge in [-0.2, -0.15) is 0 Å². The van der Waals surface area contributed by atoms with Gasteiger partial charge < -0.3 is 25.0 Å². The van der Waals surface area contributed by atoms with Gasteiger partial charge in [0.15, 0.2) is 11.5 Å². The Morgan fingerprint density at radius 3 is 2.27 bits per heavy atom. The number of hydrogen-bond acceptors (Lipinski definition) is 5. The fourth-order valence-corrected chi connectivity index (χ4v) is 6.29. The smallest absolute Gasteiger partial charge is 0.247 e. The Bertz CT molecular complexity index is 1540. The highest BCUT2D eigenvalue weighted by atomic mass is 19.1. The van der Waals surface area contributed by atoms with Gasteiger partial charge in [-0.15, -0.1) is 0 Å². The van der Waals surface area contributed by atoms with Crippen LogP contribution in [0.4, 0.5) is 8.78 Å². The Labute approximate surface area is 255 Å². The summed E-state index contributed by atoms with van der Waals surface area (Å²) in [5.41, 5.74) is 2.67. The van der Waals surface area contributed by atoms with Gasteiger partial charge >= 0.3 is 0 Å². The zero-order chi connectivity index (χ0) is 31.5. The molecule has 8 nitrogen and oxygen atoms in total. The molecule has 1 unspecified atom stereocenters. The predicted molar refractivity (Wildman–Crippen MR) is 160 cm³/mol. The van der Waals surface area contributed by atoms with Crippen LogP contribution in [0.5, 0.6) is 11.5 Å². The number of methoxy groups -OCH3 is 2. The van der Waals surface area contributed by atoms with Crippen LogP contribution in [0.3, 0.4) is 0 Å². The minimum absolute atomic E-state index is 0.0168. The van der Waals surface area contributed by atoms with Crippen LogP contribution in [0.25, 0.3) is 0 Å². The molecule has 5 rings (SSSR count). The third-order valence-corrected chi connectivity index (χ3v) is 8.40. The average molecular weight is 606 g/mol. The van der Waals surface area contributed by atoms with Crippen molar-refractivity contribution in [3.8, 4) is 11.5 Å². The Hall–Kier alpha value is -4.47. The molecule has 1 aliphatic carbocycles. The number of carbonyl (C=O) groups excluding carboxylic acids is 3. The van der Waals surface area contributed by atoms with Gasteiger partial charge in [-0.25, -0.2) is 8.78 Å². The molecule has 0 radical (unpaired) electrons. The van der Waals surface area contributed by atoms with Gasteiger partial charge in [0.1, 0.15) is 29.8 Å². The molecule has 44 heavy (non-hydrogen) atoms. The van der Waals surface area contributed by atoms with Crippen molar-refractivity contribution in [3.63, 3.8) is 0 Å². The second-order valence-electron chi connectivity index (χ2n) is 11.8. The molecule has 3 aromatic rings. The van der Waals surface area contributed by atoms with Gasteiger partial charge in [0.05, 0.1) is 14.2 Å². The minimum atomic E-state index is -1.52. The lowest BCUT2D eigenvalue weighted by Gasteiger charge is -2.44. The van der Waals surface area contributed by atoms with Gasteiger partial charge in [0.25, 0.3) is 0 Å². The quantitative estimate of drug-likeness (QED) is 0.355. The number of rotatable bonds is 10. The number of benzene rings is 3. The molecule has 1 saturated heterocycles. The molecule has 3 atom stereocenters. The summed E-state index contributed by atoms with van der Waals surface area (Å²) in [5, 5.41) is 5.75. The molecule has 2 aliphatic rings. The lowest BCUT2D eigenvalue weighted by atomic mass is 9.87. The predicted octanol–water partition coefficient (Wildman–Crippen LogP) is 4.50. The molecule has 3 aromatic carbocycles. The van der Waals surface area contributed by atoms with Gasteiger partial charge in [0.2, 0.25) is 17.7 Å². The Balaban J connectivity index is 1.52. The van der Waals surface area contributed by atoms with E-state index in [-0.39, 0.29) is 30.4 Å². The molecular weight excluding hydrogens is 568 g/mol. The van der Waals surface area contributed by atoms with Crippen LogP contribution < -0.4 is 20.1 Å². The number of carbonyl (C=O) groups is 3. The molecule has 1 fully saturated rings. The topological polar surface area (TPSA) is 97.0 Å². The monoisotopic (exact) mass is 605 g/mol. The van der Waals surface area contributed by atoms with E-state index in [2.05, 4.69) is 10.6 Å². The molecule has 0 saturated carbocycles. The van der Waals surface area contributed by atoms with Gasteiger partial charge in [-0.3, -0.25) is 14.4 Å². The summed E-state index contributed by atoms with van der Waals surface area (Å²) in [6.07, 6.45) is 1.41. The zero-order valence-corrected chi connectivity index (χ0v) is 25.2. The van der Waals surface area contributed by atoms with E-state index in [1.165, 1.54) is 19.1 Å². The molecule has 232 valence electrons. The standard InChI is InChI=1S/C34H37F2N3O5/c1-19(2)13-27-32(40)38-30(23-15-21-7-5-6-8-22(21)16-23)34(42)39(27)31(25-11-10-24(35)17-26(25)36)33(41)37-18-20-9-12-28(43-3)29(14-20)44-4/h5-12,14,17,19,23,27,30-31H,13,15-16,18H2,1-4H3,(H,37,41)(H,38,40)/t27-,30?,31+/m1/s1. The van der Waals surface area contributed by atoms with Crippen LogP contribution in [0.2, 0.25) is 0 Å². The first kappa shape index (κ1) is 31.0. The van der Waals surface area contributed by atoms with Crippen molar-refractivity contribution in [3.05, 3.63) is 94.6 Å². The van der Waals surface area contributed by atoms with Crippen molar-refractivity contribution in [2.24, 2.45) is 11.8 Å². The summed E-state index contributed by atoms with van der Waals surface area (Å²) >= 11 is 0. The first-order valence-corrected chi connectivity index (χ1v) is 14.7. The first-order valence-electron chi connectivity index (χ1n) is 14.7. The third kappa shape index (κ3) is 6.25. The molecule has 1 aliphatic heterocycles. The fourth-order valence-electron chi connectivity index (χ4n) is 6.29. The van der Waals surface area contributed by atoms with Crippen LogP contribution >= 0.6 is 0 Å². The number of nitrogens with one attached hydrogen (secondary N) is 2. The minimum Gasteiger partial charge on any atom is -0.493 e. The Morgan fingerprint density at radius 2 is 1.66 bits per heavy atom. The number of fused-ring (bicyclic) bond motifs is 1. The first-order chi connectivity index (χ1) is 21.1. The molecule has 3 amide bonds. The summed E-state index contributed by atoms with van der Waals surface area (Å²) in [5.74, 6) is -2.67. The maximum absolute atomic E-state index is 15.5. The van der Waals surface area contributed by atoms with Crippen LogP contribution in [0.15, 0.2) is 60.7 Å². The largest absolute Gasteiger partial charge is 0.493 e. The van der Waals surface area contributed by atoms with Crippen LogP contribution in [0, 0.1) is 23.5 Å². The molecular formula is C34H37F2N3O5. The van der Waals surface area contributed by atoms with E-state index in [9.17, 15) is 18.8 Å². The van der Waals surface area contributed by atoms with Crippen molar-refractivity contribution >= 4 is 17.7 Å². The highest BCUT2D eigenvalue weighted by Crippen LogP contribution is 2.36. The number of nitrogens with zero attached hydrogens (tertiary/aromatic N) is 1. The summed E-state index contributed by atoms with van der Waals surface area (Å²) in [7, 11) is 3.01. The van der Waals surface area contributed by atoms with E-state index in [1.807, 2.05) is 38.1 Å². The molecule has 0 bridgehead atoms. The fraction of sp³-hybridized carbons (Fsp3) is 0.382. The van der Waals surface area contributed by atoms with Gasteiger partial charge in [0, 0.05) is 18.2 Å². The van der Waals surface area contributed by atoms with Crippen LogP contribution in [-0.2, 0) is 33.8 Å². The summed E-state index contributed by atoms with van der Waals surface area (Å²) < 4.78 is 40.1. The molecule has 2 N–H and O–H groups in total. The van der Waals surface area contributed by atoms with E-state index in [4.69, 9.17) is 9.47 Å². The van der Waals surface area contributed by atoms with Gasteiger partial charge in [-0.1, -0.05) is 50.2 Å². The van der Waals surface area contributed by atoms with Crippen molar-refractivity contribution < 1.29 is 32.6 Å². The average Bonchev–Trinajstić information content (AvgIpc) is 3.44. The van der Waals surface area contributed by atoms with Crippen molar-refractivity contribution in [2.45, 2.75) is 57.8 Å². The number of hydrogen-bond donors (Lipinski definition) is 2. The van der Waals surface area contributed by atoms with Crippen molar-refractivity contribution in [2.75, 3.05) is 14.2 Å². The van der Waals surface area contributed by atoms with E-state index in [0.717, 1.165) is 23.3 Å². The maximum Gasteiger partial charge on any atom is 0.247 e. The molecule has 10 heteroatoms. The lowest BCUT2D eigenvalue weighted by Crippen LogP contribution is -2.67. The Kier molecular flexibility index (Phi) is 9.17. The normalized spacial score (nSPS) is 19.0. The molecule has 0 aromatic heterocycles. The van der Waals surface area contributed by atoms with E-state index >= 15 is 4.39 Å². The molecule has 1 heterocycles. The third-order valence-electron chi connectivity index (χ3n) is 8.40. The van der Waals surface area contributed by atoms with E-state index in [1.54, 1.807) is 18.2 Å². The lowest BCUT2D eigenvalue weighted by molar-refractivity contribution is -0.158. The van der Waals surface area contributed by atoms with Crippen LogP contribution in [0.1, 0.15) is 48.6 Å².